The van der Waals surface area contributed by atoms with Gasteiger partial charge in [0.2, 0.25) is 0 Å². The smallest absolute Gasteiger partial charge is 0.261 e. The lowest BCUT2D eigenvalue weighted by molar-refractivity contribution is -0.119. The maximum absolute atomic E-state index is 12.9. The maximum Gasteiger partial charge on any atom is 0.261 e. The van der Waals surface area contributed by atoms with Gasteiger partial charge in [0.05, 0.1) is 28.4 Å². The van der Waals surface area contributed by atoms with Gasteiger partial charge in [-0.1, -0.05) is 41.9 Å². The number of benzene rings is 3. The summed E-state index contributed by atoms with van der Waals surface area (Å²) in [7, 11) is -2.52. The van der Waals surface area contributed by atoms with E-state index in [1.54, 1.807) is 36.4 Å². The van der Waals surface area contributed by atoms with E-state index in [0.29, 0.717) is 0 Å². The Hall–Kier alpha value is -3.76. The first-order valence-corrected chi connectivity index (χ1v) is 11.3. The molecule has 0 aliphatic carbocycles. The van der Waals surface area contributed by atoms with Gasteiger partial charge in [0.15, 0.2) is 18.1 Å². The summed E-state index contributed by atoms with van der Waals surface area (Å²) in [5.74, 6) is -1.11. The van der Waals surface area contributed by atoms with Gasteiger partial charge in [0, 0.05) is 5.56 Å². The summed E-state index contributed by atoms with van der Waals surface area (Å²) in [6, 6.07) is 16.9. The lowest BCUT2D eigenvalue weighted by Crippen LogP contribution is -2.20. The molecule has 0 aromatic heterocycles. The average Bonchev–Trinajstić information content (AvgIpc) is 2.79. The first-order chi connectivity index (χ1) is 15.7. The third-order valence-electron chi connectivity index (χ3n) is 4.32. The quantitative estimate of drug-likeness (QED) is 0.422. The third-order valence-corrected chi connectivity index (χ3v) is 5.99. The minimum atomic E-state index is -3.87. The molecule has 4 N–H and O–H groups in total. The number of hydrogen-bond donors (Lipinski definition) is 3. The highest BCUT2D eigenvalue weighted by Gasteiger charge is 2.19. The Morgan fingerprint density at radius 1 is 1.00 bits per heavy atom. The zero-order valence-electron chi connectivity index (χ0n) is 17.4. The van der Waals surface area contributed by atoms with E-state index in [1.165, 1.54) is 37.4 Å². The first kappa shape index (κ1) is 23.9. The summed E-state index contributed by atoms with van der Waals surface area (Å²) >= 11 is 6.20. The Bertz CT molecular complexity index is 1280. The van der Waals surface area contributed by atoms with Crippen LogP contribution in [0.1, 0.15) is 10.4 Å². The van der Waals surface area contributed by atoms with Gasteiger partial charge in [-0.3, -0.25) is 14.3 Å². The van der Waals surface area contributed by atoms with Crippen molar-refractivity contribution in [3.05, 3.63) is 77.3 Å². The SMILES string of the molecule is COc1cc(C(=O)Nc2ccccc2NS(=O)(=O)c2ccccc2)cc(Cl)c1OCC(N)=O. The van der Waals surface area contributed by atoms with E-state index < -0.39 is 28.4 Å². The predicted octanol–water partition coefficient (Wildman–Crippen LogP) is 3.27. The number of para-hydroxylation sites is 2. The topological polar surface area (TPSA) is 137 Å². The molecule has 0 saturated heterocycles. The van der Waals surface area contributed by atoms with Crippen LogP contribution in [0.4, 0.5) is 11.4 Å². The molecule has 9 nitrogen and oxygen atoms in total. The highest BCUT2D eigenvalue weighted by atomic mass is 35.5. The number of nitrogens with two attached hydrogens (primary N) is 1. The number of carbonyl (C=O) groups excluding carboxylic acids is 2. The molecule has 33 heavy (non-hydrogen) atoms. The summed E-state index contributed by atoms with van der Waals surface area (Å²) in [6.07, 6.45) is 0. The van der Waals surface area contributed by atoms with Gasteiger partial charge >= 0.3 is 0 Å². The number of primary amides is 1. The van der Waals surface area contributed by atoms with Crippen molar-refractivity contribution in [2.24, 2.45) is 5.73 Å². The molecule has 3 aromatic rings. The number of amides is 2. The third kappa shape index (κ3) is 5.93. The lowest BCUT2D eigenvalue weighted by Gasteiger charge is -2.15. The van der Waals surface area contributed by atoms with Crippen molar-refractivity contribution in [3.63, 3.8) is 0 Å². The van der Waals surface area contributed by atoms with E-state index in [4.69, 9.17) is 26.8 Å². The molecule has 0 aliphatic heterocycles. The minimum absolute atomic E-state index is 0.0267. The van der Waals surface area contributed by atoms with Crippen molar-refractivity contribution in [3.8, 4) is 11.5 Å². The van der Waals surface area contributed by atoms with Crippen LogP contribution in [0.25, 0.3) is 0 Å². The molecule has 0 heterocycles. The van der Waals surface area contributed by atoms with Crippen molar-refractivity contribution in [1.29, 1.82) is 0 Å². The molecule has 0 atom stereocenters. The van der Waals surface area contributed by atoms with Crippen LogP contribution in [-0.2, 0) is 14.8 Å². The number of nitrogens with one attached hydrogen (secondary N) is 2. The Balaban J connectivity index is 1.86. The van der Waals surface area contributed by atoms with E-state index in [2.05, 4.69) is 10.0 Å². The standard InChI is InChI=1S/C22H20ClN3O6S/c1-31-19-12-14(11-16(23)21(19)32-13-20(24)27)22(28)25-17-9-5-6-10-18(17)26-33(29,30)15-7-3-2-4-8-15/h2-12,26H,13H2,1H3,(H2,24,27)(H,25,28). The van der Waals surface area contributed by atoms with Crippen LogP contribution in [-0.4, -0.2) is 33.9 Å². The van der Waals surface area contributed by atoms with E-state index in [9.17, 15) is 18.0 Å². The number of rotatable bonds is 9. The summed E-state index contributed by atoms with van der Waals surface area (Å²) in [4.78, 5) is 23.9. The van der Waals surface area contributed by atoms with Crippen LogP contribution in [0.3, 0.4) is 0 Å². The molecule has 0 aliphatic rings. The van der Waals surface area contributed by atoms with Crippen LogP contribution in [0.2, 0.25) is 5.02 Å². The summed E-state index contributed by atoms with van der Waals surface area (Å²) in [5.41, 5.74) is 5.60. The van der Waals surface area contributed by atoms with Crippen LogP contribution in [0, 0.1) is 0 Å². The summed E-state index contributed by atoms with van der Waals surface area (Å²) in [5, 5.41) is 2.68. The van der Waals surface area contributed by atoms with E-state index in [1.807, 2.05) is 0 Å². The van der Waals surface area contributed by atoms with Crippen LogP contribution >= 0.6 is 11.6 Å². The molecule has 0 fully saturated rings. The van der Waals surface area contributed by atoms with Crippen molar-refractivity contribution >= 4 is 44.8 Å². The Morgan fingerprint density at radius 2 is 1.64 bits per heavy atom. The molecule has 0 radical (unpaired) electrons. The van der Waals surface area contributed by atoms with Gasteiger partial charge in [-0.25, -0.2) is 8.42 Å². The van der Waals surface area contributed by atoms with Crippen molar-refractivity contribution < 1.29 is 27.5 Å². The maximum atomic E-state index is 12.9. The van der Waals surface area contributed by atoms with Gasteiger partial charge in [0.25, 0.3) is 21.8 Å². The Kier molecular flexibility index (Phi) is 7.41. The summed E-state index contributed by atoms with van der Waals surface area (Å²) in [6.45, 7) is -0.420. The molecule has 3 rings (SSSR count). The zero-order valence-corrected chi connectivity index (χ0v) is 18.9. The molecule has 172 valence electrons. The van der Waals surface area contributed by atoms with E-state index in [-0.39, 0.29) is 38.4 Å². The number of methoxy groups -OCH3 is 1. The number of anilines is 2. The predicted molar refractivity (Wildman–Crippen MR) is 124 cm³/mol. The molecular weight excluding hydrogens is 470 g/mol. The molecule has 2 amide bonds. The second-order valence-corrected chi connectivity index (χ2v) is 8.75. The average molecular weight is 490 g/mol. The van der Waals surface area contributed by atoms with Gasteiger partial charge in [-0.2, -0.15) is 0 Å². The van der Waals surface area contributed by atoms with Crippen LogP contribution < -0.4 is 25.2 Å². The van der Waals surface area contributed by atoms with Crippen LogP contribution in [0.5, 0.6) is 11.5 Å². The van der Waals surface area contributed by atoms with Gasteiger partial charge in [-0.05, 0) is 36.4 Å². The van der Waals surface area contributed by atoms with Gasteiger partial charge < -0.3 is 20.5 Å². The number of carbonyl (C=O) groups is 2. The van der Waals surface area contributed by atoms with Gasteiger partial charge in [0.1, 0.15) is 0 Å². The highest BCUT2D eigenvalue weighted by molar-refractivity contribution is 7.92. The molecule has 3 aromatic carbocycles. The molecule has 11 heteroatoms. The number of halogens is 1. The van der Waals surface area contributed by atoms with Crippen molar-refractivity contribution in [2.45, 2.75) is 4.90 Å². The molecule has 0 unspecified atom stereocenters. The number of hydrogen-bond acceptors (Lipinski definition) is 6. The normalized spacial score (nSPS) is 10.8. The van der Waals surface area contributed by atoms with Crippen LogP contribution in [0.15, 0.2) is 71.6 Å². The van der Waals surface area contributed by atoms with Crippen molar-refractivity contribution in [2.75, 3.05) is 23.8 Å². The van der Waals surface area contributed by atoms with E-state index >= 15 is 0 Å². The monoisotopic (exact) mass is 489 g/mol. The largest absolute Gasteiger partial charge is 0.493 e. The minimum Gasteiger partial charge on any atom is -0.493 e. The molecular formula is C22H20ClN3O6S. The Morgan fingerprint density at radius 3 is 2.27 bits per heavy atom. The fourth-order valence-electron chi connectivity index (χ4n) is 2.81. The fourth-order valence-corrected chi connectivity index (χ4v) is 4.18. The van der Waals surface area contributed by atoms with Crippen molar-refractivity contribution in [1.82, 2.24) is 0 Å². The lowest BCUT2D eigenvalue weighted by atomic mass is 10.1. The molecule has 0 spiro atoms. The first-order valence-electron chi connectivity index (χ1n) is 9.48. The molecule has 0 saturated carbocycles. The highest BCUT2D eigenvalue weighted by Crippen LogP contribution is 2.37. The Labute approximate surface area is 195 Å². The second-order valence-electron chi connectivity index (χ2n) is 6.66. The zero-order chi connectivity index (χ0) is 24.0. The second kappa shape index (κ2) is 10.2. The van der Waals surface area contributed by atoms with Gasteiger partial charge in [-0.15, -0.1) is 0 Å². The number of sulfonamides is 1. The molecule has 0 bridgehead atoms. The number of ether oxygens (including phenoxy) is 2. The van der Waals surface area contributed by atoms with E-state index in [0.717, 1.165) is 0 Å². The summed E-state index contributed by atoms with van der Waals surface area (Å²) < 4.78 is 38.3. The fraction of sp³-hybridized carbons (Fsp3) is 0.0909.